The Balaban J connectivity index is 2.80. The Bertz CT molecular complexity index is 536. The van der Waals surface area contributed by atoms with Crippen LogP contribution < -0.4 is 10.1 Å². The Hall–Kier alpha value is -2.50. The lowest BCUT2D eigenvalue weighted by Crippen LogP contribution is -2.14. The number of phenols is 1. The maximum absolute atomic E-state index is 11.1. The van der Waals surface area contributed by atoms with E-state index in [0.29, 0.717) is 17.0 Å². The molecule has 0 spiro atoms. The molecule has 6 heteroatoms. The largest absolute Gasteiger partial charge is 0.508 e. The van der Waals surface area contributed by atoms with Crippen molar-refractivity contribution in [1.82, 2.24) is 5.32 Å². The quantitative estimate of drug-likeness (QED) is 0.482. The van der Waals surface area contributed by atoms with E-state index in [1.165, 1.54) is 38.3 Å². The van der Waals surface area contributed by atoms with Crippen LogP contribution in [-0.4, -0.2) is 24.2 Å². The maximum atomic E-state index is 11.1. The van der Waals surface area contributed by atoms with Gasteiger partial charge in [-0.1, -0.05) is 0 Å². The molecule has 0 aliphatic heterocycles. The zero-order chi connectivity index (χ0) is 15.1. The summed E-state index contributed by atoms with van der Waals surface area (Å²) in [6, 6.07) is 4.42. The van der Waals surface area contributed by atoms with Crippen molar-refractivity contribution in [3.63, 3.8) is 0 Å². The van der Waals surface area contributed by atoms with Crippen LogP contribution in [0.1, 0.15) is 19.4 Å². The summed E-state index contributed by atoms with van der Waals surface area (Å²) < 4.78 is 9.54. The monoisotopic (exact) mass is 279 g/mol. The first-order valence-corrected chi connectivity index (χ1v) is 5.92. The fourth-order valence-electron chi connectivity index (χ4n) is 1.48. The first-order chi connectivity index (χ1) is 9.42. The van der Waals surface area contributed by atoms with E-state index in [1.54, 1.807) is 6.92 Å². The van der Waals surface area contributed by atoms with E-state index in [2.05, 4.69) is 10.1 Å². The van der Waals surface area contributed by atoms with E-state index in [4.69, 9.17) is 4.74 Å². The van der Waals surface area contributed by atoms with Crippen molar-refractivity contribution in [2.45, 2.75) is 20.4 Å². The Morgan fingerprint density at radius 2 is 2.05 bits per heavy atom. The van der Waals surface area contributed by atoms with Crippen LogP contribution >= 0.6 is 0 Å². The molecule has 0 saturated carbocycles. The number of methoxy groups -OCH3 is 1. The van der Waals surface area contributed by atoms with Crippen molar-refractivity contribution in [3.8, 4) is 11.5 Å². The second-order valence-corrected chi connectivity index (χ2v) is 4.09. The van der Waals surface area contributed by atoms with E-state index in [9.17, 15) is 14.7 Å². The van der Waals surface area contributed by atoms with E-state index in [1.807, 2.05) is 0 Å². The summed E-state index contributed by atoms with van der Waals surface area (Å²) in [7, 11) is 1.29. The van der Waals surface area contributed by atoms with Gasteiger partial charge in [-0.2, -0.15) is 0 Å². The fraction of sp³-hybridized carbons (Fsp3) is 0.286. The molecule has 20 heavy (non-hydrogen) atoms. The van der Waals surface area contributed by atoms with Crippen LogP contribution in [0.15, 0.2) is 30.0 Å². The van der Waals surface area contributed by atoms with Gasteiger partial charge in [0.1, 0.15) is 11.5 Å². The average molecular weight is 279 g/mol. The molecule has 2 N–H and O–H groups in total. The lowest BCUT2D eigenvalue weighted by Gasteiger charge is -2.11. The number of benzene rings is 1. The third-order valence-corrected chi connectivity index (χ3v) is 2.39. The molecule has 1 rings (SSSR count). The van der Waals surface area contributed by atoms with Gasteiger partial charge in [0.05, 0.1) is 7.11 Å². The van der Waals surface area contributed by atoms with Crippen molar-refractivity contribution in [3.05, 3.63) is 35.5 Å². The SMILES string of the molecule is COC(=O)C=C(C)NCc1cc(O)ccc1OC(C)=O. The highest BCUT2D eigenvalue weighted by Gasteiger charge is 2.08. The molecule has 0 unspecified atom stereocenters. The Kier molecular flexibility index (Phi) is 5.58. The number of ether oxygens (including phenoxy) is 2. The molecule has 108 valence electrons. The zero-order valence-corrected chi connectivity index (χ0v) is 11.6. The first kappa shape index (κ1) is 15.6. The summed E-state index contributed by atoms with van der Waals surface area (Å²) in [6.45, 7) is 3.29. The van der Waals surface area contributed by atoms with Gasteiger partial charge in [0, 0.05) is 30.8 Å². The van der Waals surface area contributed by atoms with Crippen molar-refractivity contribution in [2.75, 3.05) is 7.11 Å². The summed E-state index contributed by atoms with van der Waals surface area (Å²) in [5.74, 6) is -0.495. The van der Waals surface area contributed by atoms with E-state index in [-0.39, 0.29) is 12.3 Å². The van der Waals surface area contributed by atoms with Gasteiger partial charge in [-0.3, -0.25) is 4.79 Å². The standard InChI is InChI=1S/C14H17NO5/c1-9(6-14(18)19-3)15-8-11-7-12(17)4-5-13(11)20-10(2)16/h4-7,15,17H,8H2,1-3H3. The van der Waals surface area contributed by atoms with E-state index < -0.39 is 11.9 Å². The van der Waals surface area contributed by atoms with Crippen molar-refractivity contribution in [1.29, 1.82) is 0 Å². The predicted octanol–water partition coefficient (Wildman–Crippen LogP) is 1.48. The average Bonchev–Trinajstić information content (AvgIpc) is 2.38. The van der Waals surface area contributed by atoms with Gasteiger partial charge in [-0.15, -0.1) is 0 Å². The van der Waals surface area contributed by atoms with E-state index >= 15 is 0 Å². The molecule has 6 nitrogen and oxygen atoms in total. The highest BCUT2D eigenvalue weighted by Crippen LogP contribution is 2.23. The smallest absolute Gasteiger partial charge is 0.332 e. The Labute approximate surface area is 117 Å². The summed E-state index contributed by atoms with van der Waals surface area (Å²) in [6.07, 6.45) is 1.30. The van der Waals surface area contributed by atoms with Gasteiger partial charge in [0.25, 0.3) is 0 Å². The lowest BCUT2D eigenvalue weighted by molar-refractivity contribution is -0.135. The molecular formula is C14H17NO5. The van der Waals surface area contributed by atoms with Gasteiger partial charge < -0.3 is 19.9 Å². The highest BCUT2D eigenvalue weighted by atomic mass is 16.5. The first-order valence-electron chi connectivity index (χ1n) is 5.92. The third-order valence-electron chi connectivity index (χ3n) is 2.39. The van der Waals surface area contributed by atoms with Crippen molar-refractivity contribution < 1.29 is 24.2 Å². The second kappa shape index (κ2) is 7.18. The highest BCUT2D eigenvalue weighted by molar-refractivity contribution is 5.82. The molecule has 0 aliphatic carbocycles. The van der Waals surface area contributed by atoms with Crippen LogP contribution in [0.25, 0.3) is 0 Å². The predicted molar refractivity (Wildman–Crippen MR) is 72.0 cm³/mol. The van der Waals surface area contributed by atoms with Gasteiger partial charge >= 0.3 is 11.9 Å². The number of hydrogen-bond donors (Lipinski definition) is 2. The van der Waals surface area contributed by atoms with Crippen LogP contribution in [0.4, 0.5) is 0 Å². The molecule has 0 atom stereocenters. The number of aromatic hydroxyl groups is 1. The molecule has 0 bridgehead atoms. The summed E-state index contributed by atoms with van der Waals surface area (Å²) in [4.78, 5) is 22.0. The molecule has 0 saturated heterocycles. The van der Waals surface area contributed by atoms with Crippen LogP contribution in [0.5, 0.6) is 11.5 Å². The maximum Gasteiger partial charge on any atom is 0.332 e. The molecule has 1 aromatic carbocycles. The van der Waals surface area contributed by atoms with Crippen LogP contribution in [-0.2, 0) is 20.9 Å². The number of rotatable bonds is 5. The van der Waals surface area contributed by atoms with E-state index in [0.717, 1.165) is 0 Å². The third kappa shape index (κ3) is 5.01. The molecule has 0 aromatic heterocycles. The molecular weight excluding hydrogens is 262 g/mol. The van der Waals surface area contributed by atoms with Crippen LogP contribution in [0, 0.1) is 0 Å². The minimum atomic E-state index is -0.467. The molecule has 1 aromatic rings. The molecule has 0 fully saturated rings. The van der Waals surface area contributed by atoms with Crippen molar-refractivity contribution in [2.24, 2.45) is 0 Å². The summed E-state index contributed by atoms with van der Waals surface area (Å²) >= 11 is 0. The zero-order valence-electron chi connectivity index (χ0n) is 11.6. The van der Waals surface area contributed by atoms with Gasteiger partial charge in [-0.05, 0) is 25.1 Å². The van der Waals surface area contributed by atoms with Crippen LogP contribution in [0.2, 0.25) is 0 Å². The number of phenolic OH excluding ortho intramolecular Hbond substituents is 1. The van der Waals surface area contributed by atoms with Gasteiger partial charge in [0.2, 0.25) is 0 Å². The number of esters is 2. The van der Waals surface area contributed by atoms with Crippen molar-refractivity contribution >= 4 is 11.9 Å². The van der Waals surface area contributed by atoms with Gasteiger partial charge in [-0.25, -0.2) is 4.79 Å². The molecule has 0 aliphatic rings. The summed E-state index contributed by atoms with van der Waals surface area (Å²) in [5.41, 5.74) is 1.19. The number of allylic oxidation sites excluding steroid dienone is 1. The molecule has 0 amide bonds. The number of carbonyl (C=O) groups excluding carboxylic acids is 2. The van der Waals surface area contributed by atoms with Crippen LogP contribution in [0.3, 0.4) is 0 Å². The fourth-order valence-corrected chi connectivity index (χ4v) is 1.48. The number of hydrogen-bond acceptors (Lipinski definition) is 6. The molecule has 0 heterocycles. The minimum absolute atomic E-state index is 0.0623. The Morgan fingerprint density at radius 3 is 2.65 bits per heavy atom. The lowest BCUT2D eigenvalue weighted by atomic mass is 10.2. The second-order valence-electron chi connectivity index (χ2n) is 4.09. The van der Waals surface area contributed by atoms with Gasteiger partial charge in [0.15, 0.2) is 0 Å². The minimum Gasteiger partial charge on any atom is -0.508 e. The number of carbonyl (C=O) groups is 2. The summed E-state index contributed by atoms with van der Waals surface area (Å²) in [5, 5.41) is 12.4. The topological polar surface area (TPSA) is 84.9 Å². The normalized spacial score (nSPS) is 10.8. The number of nitrogens with one attached hydrogen (secondary N) is 1. The molecule has 0 radical (unpaired) electrons. The Morgan fingerprint density at radius 1 is 1.35 bits per heavy atom.